The first-order valence-corrected chi connectivity index (χ1v) is 10.8. The Labute approximate surface area is 193 Å². The van der Waals surface area contributed by atoms with E-state index in [9.17, 15) is 10.1 Å². The van der Waals surface area contributed by atoms with Gasteiger partial charge in [-0.2, -0.15) is 5.26 Å². The zero-order chi connectivity index (χ0) is 21.9. The minimum absolute atomic E-state index is 0.0102. The van der Waals surface area contributed by atoms with E-state index in [1.165, 1.54) is 6.08 Å². The van der Waals surface area contributed by atoms with Gasteiger partial charge in [0.1, 0.15) is 18.2 Å². The van der Waals surface area contributed by atoms with Crippen molar-refractivity contribution < 1.29 is 19.0 Å². The Morgan fingerprint density at radius 3 is 2.57 bits per heavy atom. The van der Waals surface area contributed by atoms with Crippen molar-refractivity contribution in [1.29, 1.82) is 5.26 Å². The van der Waals surface area contributed by atoms with Crippen LogP contribution < -0.4 is 14.8 Å². The summed E-state index contributed by atoms with van der Waals surface area (Å²) in [4.78, 5) is 12.2. The van der Waals surface area contributed by atoms with E-state index < -0.39 is 5.91 Å². The third-order valence-corrected chi connectivity index (χ3v) is 5.01. The second kappa shape index (κ2) is 12.4. The summed E-state index contributed by atoms with van der Waals surface area (Å²) in [7, 11) is 1.54. The number of carbonyl (C=O) groups is 1. The van der Waals surface area contributed by atoms with Gasteiger partial charge < -0.3 is 19.5 Å². The van der Waals surface area contributed by atoms with Crippen LogP contribution >= 0.6 is 31.9 Å². The summed E-state index contributed by atoms with van der Waals surface area (Å²) >= 11 is 6.93. The maximum absolute atomic E-state index is 12.2. The molecule has 0 bridgehead atoms. The molecule has 0 aromatic heterocycles. The number of nitriles is 1. The molecule has 30 heavy (non-hydrogen) atoms. The van der Waals surface area contributed by atoms with Gasteiger partial charge in [-0.05, 0) is 64.3 Å². The first-order chi connectivity index (χ1) is 14.5. The Hall–Kier alpha value is -2.34. The number of amides is 1. The second-order valence-electron chi connectivity index (χ2n) is 6.10. The summed E-state index contributed by atoms with van der Waals surface area (Å²) in [6.07, 6.45) is 1.51. The minimum Gasteiger partial charge on any atom is -0.490 e. The molecule has 8 heteroatoms. The number of rotatable bonds is 10. The number of carbonyl (C=O) groups excluding carboxylic acids is 1. The molecule has 1 N–H and O–H groups in total. The van der Waals surface area contributed by atoms with Crippen LogP contribution in [0.15, 0.2) is 50.9 Å². The fourth-order valence-corrected chi connectivity index (χ4v) is 3.33. The van der Waals surface area contributed by atoms with Crippen LogP contribution in [-0.2, 0) is 16.1 Å². The van der Waals surface area contributed by atoms with Crippen molar-refractivity contribution in [2.45, 2.75) is 13.5 Å². The van der Waals surface area contributed by atoms with Crippen molar-refractivity contribution >= 4 is 43.8 Å². The van der Waals surface area contributed by atoms with Crippen LogP contribution in [0.4, 0.5) is 0 Å². The molecule has 0 radical (unpaired) electrons. The number of benzene rings is 2. The highest BCUT2D eigenvalue weighted by Gasteiger charge is 2.14. The highest BCUT2D eigenvalue weighted by molar-refractivity contribution is 9.10. The summed E-state index contributed by atoms with van der Waals surface area (Å²) in [5.74, 6) is 0.617. The molecule has 0 saturated carbocycles. The van der Waals surface area contributed by atoms with Crippen molar-refractivity contribution in [2.24, 2.45) is 0 Å². The molecular weight excluding hydrogens is 516 g/mol. The van der Waals surface area contributed by atoms with E-state index in [-0.39, 0.29) is 5.57 Å². The molecule has 0 atom stereocenters. The van der Waals surface area contributed by atoms with E-state index in [1.807, 2.05) is 37.3 Å². The molecule has 0 heterocycles. The number of methoxy groups -OCH3 is 1. The van der Waals surface area contributed by atoms with E-state index in [0.717, 1.165) is 10.0 Å². The molecule has 6 nitrogen and oxygen atoms in total. The van der Waals surface area contributed by atoms with Crippen LogP contribution in [0, 0.1) is 11.3 Å². The van der Waals surface area contributed by atoms with Gasteiger partial charge in [0.2, 0.25) is 0 Å². The van der Waals surface area contributed by atoms with Gasteiger partial charge in [0.25, 0.3) is 5.91 Å². The van der Waals surface area contributed by atoms with Crippen LogP contribution in [0.3, 0.4) is 0 Å². The van der Waals surface area contributed by atoms with Crippen molar-refractivity contribution in [3.8, 4) is 17.6 Å². The summed E-state index contributed by atoms with van der Waals surface area (Å²) in [6.45, 7) is 3.38. The summed E-state index contributed by atoms with van der Waals surface area (Å²) < 4.78 is 18.3. The molecule has 0 saturated heterocycles. The van der Waals surface area contributed by atoms with Crippen molar-refractivity contribution in [3.05, 3.63) is 62.0 Å². The molecular formula is C22H22Br2N2O4. The lowest BCUT2D eigenvalue weighted by Crippen LogP contribution is -2.27. The normalized spacial score (nSPS) is 11.0. The molecule has 0 unspecified atom stereocenters. The predicted octanol–water partition coefficient (Wildman–Crippen LogP) is 4.86. The molecule has 0 aliphatic rings. The van der Waals surface area contributed by atoms with E-state index >= 15 is 0 Å². The Morgan fingerprint density at radius 2 is 1.93 bits per heavy atom. The zero-order valence-corrected chi connectivity index (χ0v) is 19.9. The molecule has 0 fully saturated rings. The number of halogens is 2. The molecule has 2 aromatic rings. The van der Waals surface area contributed by atoms with Crippen LogP contribution in [0.5, 0.6) is 11.5 Å². The highest BCUT2D eigenvalue weighted by Crippen LogP contribution is 2.38. The zero-order valence-electron chi connectivity index (χ0n) is 16.7. The predicted molar refractivity (Wildman–Crippen MR) is 122 cm³/mol. The summed E-state index contributed by atoms with van der Waals surface area (Å²) in [5.41, 5.74) is 1.64. The van der Waals surface area contributed by atoms with Gasteiger partial charge in [0, 0.05) is 18.1 Å². The average Bonchev–Trinajstić information content (AvgIpc) is 2.73. The van der Waals surface area contributed by atoms with Crippen molar-refractivity contribution in [2.75, 3.05) is 26.9 Å². The largest absolute Gasteiger partial charge is 0.490 e. The number of hydrogen-bond donors (Lipinski definition) is 1. The van der Waals surface area contributed by atoms with Gasteiger partial charge in [-0.15, -0.1) is 0 Å². The fourth-order valence-electron chi connectivity index (χ4n) is 2.49. The minimum atomic E-state index is -0.459. The Kier molecular flexibility index (Phi) is 9.87. The van der Waals surface area contributed by atoms with Crippen LogP contribution in [0.1, 0.15) is 18.1 Å². The summed E-state index contributed by atoms with van der Waals surface area (Å²) in [6, 6.07) is 13.3. The maximum atomic E-state index is 12.2. The lowest BCUT2D eigenvalue weighted by molar-refractivity contribution is -0.117. The lowest BCUT2D eigenvalue weighted by atomic mass is 10.1. The van der Waals surface area contributed by atoms with E-state index in [1.54, 1.807) is 19.2 Å². The Morgan fingerprint density at radius 1 is 1.20 bits per heavy atom. The number of nitrogens with one attached hydrogen (secondary N) is 1. The number of nitrogens with zero attached hydrogens (tertiary/aromatic N) is 1. The van der Waals surface area contributed by atoms with Crippen molar-refractivity contribution in [1.82, 2.24) is 5.32 Å². The molecule has 1 amide bonds. The van der Waals surface area contributed by atoms with Gasteiger partial charge in [-0.3, -0.25) is 4.79 Å². The number of hydrogen-bond acceptors (Lipinski definition) is 5. The van der Waals surface area contributed by atoms with Gasteiger partial charge >= 0.3 is 0 Å². The van der Waals surface area contributed by atoms with Crippen LogP contribution in [0.25, 0.3) is 6.08 Å². The molecule has 0 aliphatic heterocycles. The monoisotopic (exact) mass is 536 g/mol. The Balaban J connectivity index is 2.24. The van der Waals surface area contributed by atoms with Crippen LogP contribution in [0.2, 0.25) is 0 Å². The van der Waals surface area contributed by atoms with Crippen molar-refractivity contribution in [3.63, 3.8) is 0 Å². The molecule has 2 rings (SSSR count). The lowest BCUT2D eigenvalue weighted by Gasteiger charge is -2.15. The first-order valence-electron chi connectivity index (χ1n) is 9.21. The maximum Gasteiger partial charge on any atom is 0.262 e. The second-order valence-corrected chi connectivity index (χ2v) is 7.87. The molecule has 0 aliphatic carbocycles. The topological polar surface area (TPSA) is 80.6 Å². The standard InChI is InChI=1S/C22H22Br2N2O4/c1-3-29-20-12-16(10-17(13-25)22(27)26-8-9-28-2)11-19(24)21(20)30-14-15-4-6-18(23)7-5-15/h4-7,10-12H,3,8-9,14H2,1-2H3,(H,26,27)/b17-10+. The van der Waals surface area contributed by atoms with Crippen LogP contribution in [-0.4, -0.2) is 32.8 Å². The number of ether oxygens (including phenoxy) is 3. The third-order valence-electron chi connectivity index (χ3n) is 3.90. The Bertz CT molecular complexity index is 937. The van der Waals surface area contributed by atoms with Gasteiger partial charge in [0.15, 0.2) is 11.5 Å². The van der Waals surface area contributed by atoms with E-state index in [0.29, 0.717) is 47.9 Å². The highest BCUT2D eigenvalue weighted by atomic mass is 79.9. The first kappa shape index (κ1) is 23.9. The molecule has 0 spiro atoms. The third kappa shape index (κ3) is 7.17. The molecule has 158 valence electrons. The quantitative estimate of drug-likeness (QED) is 0.266. The van der Waals surface area contributed by atoms with Gasteiger partial charge in [-0.1, -0.05) is 28.1 Å². The van der Waals surface area contributed by atoms with E-state index in [2.05, 4.69) is 37.2 Å². The summed E-state index contributed by atoms with van der Waals surface area (Å²) in [5, 5.41) is 12.0. The smallest absolute Gasteiger partial charge is 0.262 e. The SMILES string of the molecule is CCOc1cc(/C=C(\C#N)C(=O)NCCOC)cc(Br)c1OCc1ccc(Br)cc1. The average molecular weight is 538 g/mol. The van der Waals surface area contributed by atoms with E-state index in [4.69, 9.17) is 14.2 Å². The van der Waals surface area contributed by atoms with Gasteiger partial charge in [-0.25, -0.2) is 0 Å². The van der Waals surface area contributed by atoms with Gasteiger partial charge in [0.05, 0.1) is 17.7 Å². The fraction of sp³-hybridized carbons (Fsp3) is 0.273. The molecule has 2 aromatic carbocycles.